The Morgan fingerprint density at radius 3 is 2.50 bits per heavy atom. The maximum atomic E-state index is 12.4. The van der Waals surface area contributed by atoms with Crippen LogP contribution >= 0.6 is 0 Å². The molecule has 0 radical (unpaired) electrons. The number of benzene rings is 3. The Labute approximate surface area is 209 Å². The lowest BCUT2D eigenvalue weighted by Crippen LogP contribution is -2.46. The van der Waals surface area contributed by atoms with Gasteiger partial charge in [0.05, 0.1) is 31.0 Å². The summed E-state index contributed by atoms with van der Waals surface area (Å²) < 4.78 is 10.8. The number of hydrogen-bond acceptors (Lipinski definition) is 7. The normalized spacial score (nSPS) is 14.1. The van der Waals surface area contributed by atoms with Crippen LogP contribution in [0.5, 0.6) is 11.5 Å². The molecule has 184 valence electrons. The SMILES string of the molecule is COc1ccc(CC(=O)Oc2cccc(N3CCN(Cc4nc5ccccc5c(=O)[nH]4)CC3)c2)cc1. The first kappa shape index (κ1) is 23.6. The van der Waals surface area contributed by atoms with Gasteiger partial charge in [0, 0.05) is 37.9 Å². The highest BCUT2D eigenvalue weighted by Crippen LogP contribution is 2.23. The van der Waals surface area contributed by atoms with Crippen LogP contribution in [0.2, 0.25) is 0 Å². The van der Waals surface area contributed by atoms with E-state index in [1.807, 2.05) is 60.7 Å². The van der Waals surface area contributed by atoms with Crippen LogP contribution in [0.3, 0.4) is 0 Å². The molecule has 1 saturated heterocycles. The molecule has 4 aromatic rings. The Morgan fingerprint density at radius 2 is 1.72 bits per heavy atom. The van der Waals surface area contributed by atoms with E-state index in [2.05, 4.69) is 19.8 Å². The van der Waals surface area contributed by atoms with E-state index in [1.54, 1.807) is 19.2 Å². The second-order valence-corrected chi connectivity index (χ2v) is 8.79. The third-order valence-electron chi connectivity index (χ3n) is 6.33. The second kappa shape index (κ2) is 10.6. The summed E-state index contributed by atoms with van der Waals surface area (Å²) in [6.45, 7) is 3.90. The van der Waals surface area contributed by atoms with Crippen molar-refractivity contribution in [1.29, 1.82) is 0 Å². The molecule has 3 aromatic carbocycles. The fraction of sp³-hybridized carbons (Fsp3) is 0.250. The third-order valence-corrected chi connectivity index (χ3v) is 6.33. The Balaban J connectivity index is 1.16. The Bertz CT molecular complexity index is 1410. The Morgan fingerprint density at radius 1 is 0.944 bits per heavy atom. The molecule has 0 atom stereocenters. The lowest BCUT2D eigenvalue weighted by atomic mass is 10.1. The number of hydrogen-bond donors (Lipinski definition) is 1. The van der Waals surface area contributed by atoms with Crippen LogP contribution < -0.4 is 19.9 Å². The largest absolute Gasteiger partial charge is 0.497 e. The monoisotopic (exact) mass is 484 g/mol. The number of ether oxygens (including phenoxy) is 2. The van der Waals surface area contributed by atoms with Crippen LogP contribution in [0.25, 0.3) is 10.9 Å². The number of nitrogens with zero attached hydrogens (tertiary/aromatic N) is 3. The number of fused-ring (bicyclic) bond motifs is 1. The summed E-state index contributed by atoms with van der Waals surface area (Å²) in [5, 5.41) is 0.607. The van der Waals surface area contributed by atoms with Gasteiger partial charge in [0.1, 0.15) is 17.3 Å². The molecule has 8 nitrogen and oxygen atoms in total. The summed E-state index contributed by atoms with van der Waals surface area (Å²) in [5.74, 6) is 1.66. The van der Waals surface area contributed by atoms with Crippen molar-refractivity contribution in [3.63, 3.8) is 0 Å². The van der Waals surface area contributed by atoms with Gasteiger partial charge in [0.25, 0.3) is 5.56 Å². The quantitative estimate of drug-likeness (QED) is 0.318. The van der Waals surface area contributed by atoms with Gasteiger partial charge in [-0.1, -0.05) is 30.3 Å². The summed E-state index contributed by atoms with van der Waals surface area (Å²) in [6, 6.07) is 22.4. The number of esters is 1. The lowest BCUT2D eigenvalue weighted by Gasteiger charge is -2.35. The molecule has 8 heteroatoms. The summed E-state index contributed by atoms with van der Waals surface area (Å²) in [4.78, 5) is 36.9. The standard InChI is InChI=1S/C28H28N4O4/c1-35-22-11-9-20(10-12-22)17-27(33)36-23-6-4-5-21(18-23)32-15-13-31(14-16-32)19-26-29-25-8-3-2-7-24(25)28(34)30-26/h2-12,18H,13-17,19H2,1H3,(H,29,30,34). The zero-order valence-corrected chi connectivity index (χ0v) is 20.1. The smallest absolute Gasteiger partial charge is 0.315 e. The van der Waals surface area contributed by atoms with E-state index in [0.29, 0.717) is 29.0 Å². The van der Waals surface area contributed by atoms with Gasteiger partial charge in [-0.2, -0.15) is 0 Å². The van der Waals surface area contributed by atoms with Crippen molar-refractivity contribution in [2.24, 2.45) is 0 Å². The van der Waals surface area contributed by atoms with Gasteiger partial charge >= 0.3 is 5.97 Å². The molecule has 1 aliphatic heterocycles. The van der Waals surface area contributed by atoms with Crippen molar-refractivity contribution in [2.45, 2.75) is 13.0 Å². The minimum atomic E-state index is -0.306. The van der Waals surface area contributed by atoms with Gasteiger partial charge < -0.3 is 19.4 Å². The molecule has 1 N–H and O–H groups in total. The van der Waals surface area contributed by atoms with Gasteiger partial charge in [0.2, 0.25) is 0 Å². The van der Waals surface area contributed by atoms with E-state index in [9.17, 15) is 9.59 Å². The highest BCUT2D eigenvalue weighted by molar-refractivity contribution is 5.77. The topological polar surface area (TPSA) is 87.8 Å². The minimum absolute atomic E-state index is 0.104. The first-order valence-electron chi connectivity index (χ1n) is 12.0. The average molecular weight is 485 g/mol. The highest BCUT2D eigenvalue weighted by Gasteiger charge is 2.19. The molecule has 0 aliphatic carbocycles. The molecular formula is C28H28N4O4. The number of para-hydroxylation sites is 1. The molecule has 0 bridgehead atoms. The van der Waals surface area contributed by atoms with E-state index < -0.39 is 0 Å². The van der Waals surface area contributed by atoms with Crippen LogP contribution in [0.4, 0.5) is 5.69 Å². The van der Waals surface area contributed by atoms with E-state index in [1.165, 1.54) is 0 Å². The number of methoxy groups -OCH3 is 1. The van der Waals surface area contributed by atoms with Crippen molar-refractivity contribution >= 4 is 22.6 Å². The minimum Gasteiger partial charge on any atom is -0.497 e. The molecule has 2 heterocycles. The van der Waals surface area contributed by atoms with E-state index in [-0.39, 0.29) is 17.9 Å². The van der Waals surface area contributed by atoms with Gasteiger partial charge in [-0.3, -0.25) is 14.5 Å². The van der Waals surface area contributed by atoms with Gasteiger partial charge in [-0.05, 0) is 42.0 Å². The first-order valence-corrected chi connectivity index (χ1v) is 12.0. The Hall–Kier alpha value is -4.17. The van der Waals surface area contributed by atoms with Gasteiger partial charge in [0.15, 0.2) is 0 Å². The van der Waals surface area contributed by atoms with E-state index in [0.717, 1.165) is 43.2 Å². The van der Waals surface area contributed by atoms with Crippen molar-refractivity contribution in [1.82, 2.24) is 14.9 Å². The fourth-order valence-corrected chi connectivity index (χ4v) is 4.41. The first-order chi connectivity index (χ1) is 17.6. The molecule has 1 aromatic heterocycles. The number of nitrogens with one attached hydrogen (secondary N) is 1. The molecule has 36 heavy (non-hydrogen) atoms. The fourth-order valence-electron chi connectivity index (χ4n) is 4.41. The van der Waals surface area contributed by atoms with Crippen LogP contribution in [-0.2, 0) is 17.8 Å². The Kier molecular flexibility index (Phi) is 6.95. The lowest BCUT2D eigenvalue weighted by molar-refractivity contribution is -0.133. The number of carbonyl (C=O) groups is 1. The number of rotatable bonds is 7. The molecule has 1 fully saturated rings. The van der Waals surface area contributed by atoms with Gasteiger partial charge in [-0.15, -0.1) is 0 Å². The molecule has 0 unspecified atom stereocenters. The maximum Gasteiger partial charge on any atom is 0.315 e. The maximum absolute atomic E-state index is 12.4. The number of carbonyl (C=O) groups excluding carboxylic acids is 1. The highest BCUT2D eigenvalue weighted by atomic mass is 16.5. The molecule has 0 saturated carbocycles. The number of piperazine rings is 1. The van der Waals surface area contributed by atoms with Crippen molar-refractivity contribution in [2.75, 3.05) is 38.2 Å². The summed E-state index contributed by atoms with van der Waals surface area (Å²) in [6.07, 6.45) is 0.192. The van der Waals surface area contributed by atoms with E-state index in [4.69, 9.17) is 9.47 Å². The van der Waals surface area contributed by atoms with Gasteiger partial charge in [-0.25, -0.2) is 4.98 Å². The number of aromatic nitrogens is 2. The van der Waals surface area contributed by atoms with Crippen LogP contribution in [0.15, 0.2) is 77.6 Å². The molecular weight excluding hydrogens is 456 g/mol. The van der Waals surface area contributed by atoms with Crippen molar-refractivity contribution < 1.29 is 14.3 Å². The molecule has 1 aliphatic rings. The summed E-state index contributed by atoms with van der Waals surface area (Å²) in [5.41, 5.74) is 2.50. The second-order valence-electron chi connectivity index (χ2n) is 8.79. The summed E-state index contributed by atoms with van der Waals surface area (Å²) >= 11 is 0. The number of anilines is 1. The number of aromatic amines is 1. The van der Waals surface area contributed by atoms with E-state index >= 15 is 0 Å². The molecule has 0 spiro atoms. The predicted octanol–water partition coefficient (Wildman–Crippen LogP) is 3.40. The summed E-state index contributed by atoms with van der Waals surface area (Å²) in [7, 11) is 1.61. The van der Waals surface area contributed by atoms with Crippen molar-refractivity contribution in [3.8, 4) is 11.5 Å². The third kappa shape index (κ3) is 5.55. The number of H-pyrrole nitrogens is 1. The predicted molar refractivity (Wildman–Crippen MR) is 139 cm³/mol. The van der Waals surface area contributed by atoms with Crippen molar-refractivity contribution in [3.05, 3.63) is 94.5 Å². The zero-order valence-electron chi connectivity index (χ0n) is 20.1. The van der Waals surface area contributed by atoms with Crippen LogP contribution in [0.1, 0.15) is 11.4 Å². The van der Waals surface area contributed by atoms with Crippen LogP contribution in [-0.4, -0.2) is 54.1 Å². The van der Waals surface area contributed by atoms with Crippen LogP contribution in [0, 0.1) is 0 Å². The average Bonchev–Trinajstić information content (AvgIpc) is 2.90. The molecule has 0 amide bonds. The zero-order chi connectivity index (χ0) is 24.9. The molecule has 5 rings (SSSR count).